The number of rotatable bonds is 5. The van der Waals surface area contributed by atoms with E-state index in [4.69, 9.17) is 15.2 Å². The summed E-state index contributed by atoms with van der Waals surface area (Å²) in [6.07, 6.45) is 0.444. The third-order valence-corrected chi connectivity index (χ3v) is 0.904. The maximum Gasteiger partial charge on any atom is 0.284 e. The lowest BCUT2D eigenvalue weighted by molar-refractivity contribution is -0.212. The summed E-state index contributed by atoms with van der Waals surface area (Å²) in [6.45, 7) is 4.19. The molecular weight excluding hydrogens is 134 g/mol. The van der Waals surface area contributed by atoms with Gasteiger partial charge in [0.25, 0.3) is 5.91 Å². The first-order chi connectivity index (χ1) is 4.68. The Morgan fingerprint density at radius 2 is 1.80 bits per heavy atom. The summed E-state index contributed by atoms with van der Waals surface area (Å²) in [6, 6.07) is 0. The van der Waals surface area contributed by atoms with E-state index in [-0.39, 0.29) is 0 Å². The molecule has 0 saturated carbocycles. The highest BCUT2D eigenvalue weighted by Gasteiger charge is 2.24. The number of hydrogen-bond acceptors (Lipinski definition) is 4. The molecule has 0 aromatic carbocycles. The van der Waals surface area contributed by atoms with E-state index in [2.05, 4.69) is 0 Å². The van der Waals surface area contributed by atoms with Crippen molar-refractivity contribution in [2.45, 2.75) is 19.8 Å². The van der Waals surface area contributed by atoms with E-state index < -0.39 is 5.91 Å². The number of carbonyl (C=O) groups is 1. The normalized spacial score (nSPS) is 11.5. The Morgan fingerprint density at radius 1 is 1.40 bits per heavy atom. The molecule has 4 nitrogen and oxygen atoms in total. The summed E-state index contributed by atoms with van der Waals surface area (Å²) >= 11 is 0. The van der Waals surface area contributed by atoms with E-state index in [9.17, 15) is 4.79 Å². The molecule has 4 heteroatoms. The van der Waals surface area contributed by atoms with E-state index >= 15 is 0 Å². The van der Waals surface area contributed by atoms with Crippen LogP contribution in [0.15, 0.2) is 0 Å². The second-order valence-corrected chi connectivity index (χ2v) is 1.71. The first kappa shape index (κ1) is 9.55. The average Bonchev–Trinajstić information content (AvgIpc) is 1.89. The molecule has 2 N–H and O–H groups in total. The van der Waals surface area contributed by atoms with Crippen LogP contribution >= 0.6 is 0 Å². The Kier molecular flexibility index (Phi) is 4.18. The molecule has 0 fully saturated rings. The highest BCUT2D eigenvalue weighted by Crippen LogP contribution is 2.00. The van der Waals surface area contributed by atoms with Crippen molar-refractivity contribution in [1.82, 2.24) is 0 Å². The van der Waals surface area contributed by atoms with Crippen LogP contribution in [0.2, 0.25) is 0 Å². The van der Waals surface area contributed by atoms with Crippen LogP contribution in [0.3, 0.4) is 0 Å². The monoisotopic (exact) mass is 147 g/mol. The maximum absolute atomic E-state index is 10.2. The van der Waals surface area contributed by atoms with Gasteiger partial charge in [0.1, 0.15) is 0 Å². The smallest absolute Gasteiger partial charge is 0.284 e. The van der Waals surface area contributed by atoms with Gasteiger partial charge in [-0.2, -0.15) is 0 Å². The molecule has 0 spiro atoms. The highest BCUT2D eigenvalue weighted by molar-refractivity contribution is 5.58. The van der Waals surface area contributed by atoms with Gasteiger partial charge in [0, 0.05) is 13.2 Å². The molecule has 0 saturated heterocycles. The van der Waals surface area contributed by atoms with Gasteiger partial charge in [-0.15, -0.1) is 0 Å². The van der Waals surface area contributed by atoms with Gasteiger partial charge in [-0.1, -0.05) is 0 Å². The summed E-state index contributed by atoms with van der Waals surface area (Å²) in [5.74, 6) is -1.54. The Bertz CT molecular complexity index is 99.2. The molecule has 0 aromatic rings. The van der Waals surface area contributed by atoms with Crippen LogP contribution in [0.5, 0.6) is 0 Å². The van der Waals surface area contributed by atoms with E-state index in [1.807, 2.05) is 0 Å². The van der Waals surface area contributed by atoms with Gasteiger partial charge < -0.3 is 9.47 Å². The quantitative estimate of drug-likeness (QED) is 0.434. The summed E-state index contributed by atoms with van der Waals surface area (Å²) in [5.41, 5.74) is 5.31. The molecular formula is C6H13NO3. The fraction of sp³-hybridized carbons (Fsp3) is 0.833. The molecule has 0 aliphatic heterocycles. The third-order valence-electron chi connectivity index (χ3n) is 0.904. The summed E-state index contributed by atoms with van der Waals surface area (Å²) in [5, 5.41) is 0. The topological polar surface area (TPSA) is 61.5 Å². The zero-order valence-electron chi connectivity index (χ0n) is 6.29. The van der Waals surface area contributed by atoms with Crippen molar-refractivity contribution in [2.75, 3.05) is 13.2 Å². The van der Waals surface area contributed by atoms with Crippen LogP contribution in [0.1, 0.15) is 13.8 Å². The predicted octanol–water partition coefficient (Wildman–Crippen LogP) is -0.129. The predicted molar refractivity (Wildman–Crippen MR) is 36.2 cm³/mol. The van der Waals surface area contributed by atoms with Crippen LogP contribution < -0.4 is 5.73 Å². The summed E-state index contributed by atoms with van der Waals surface area (Å²) in [4.78, 5) is 10.2. The fourth-order valence-corrected chi connectivity index (χ4v) is 0.561. The van der Waals surface area contributed by atoms with Crippen molar-refractivity contribution >= 4 is 6.29 Å². The minimum atomic E-state index is -1.54. The lowest BCUT2D eigenvalue weighted by Gasteiger charge is -2.21. The second kappa shape index (κ2) is 4.38. The minimum Gasteiger partial charge on any atom is -0.332 e. The Balaban J connectivity index is 3.81. The van der Waals surface area contributed by atoms with E-state index in [1.165, 1.54) is 0 Å². The lowest BCUT2D eigenvalue weighted by Crippen LogP contribution is -2.47. The molecule has 0 amide bonds. The number of carbonyl (C=O) groups excluding carboxylic acids is 1. The number of aldehydes is 1. The minimum absolute atomic E-state index is 0.356. The Morgan fingerprint density at radius 3 is 2.00 bits per heavy atom. The van der Waals surface area contributed by atoms with Gasteiger partial charge >= 0.3 is 0 Å². The molecule has 60 valence electrons. The molecule has 0 atom stereocenters. The SMILES string of the molecule is CCOC(N)(C=O)OCC. The first-order valence-corrected chi connectivity index (χ1v) is 3.21. The number of nitrogens with two attached hydrogens (primary N) is 1. The third kappa shape index (κ3) is 2.91. The molecule has 0 bridgehead atoms. The van der Waals surface area contributed by atoms with Crippen LogP contribution in [0, 0.1) is 0 Å². The van der Waals surface area contributed by atoms with E-state index in [0.717, 1.165) is 0 Å². The van der Waals surface area contributed by atoms with Crippen LogP contribution in [0.25, 0.3) is 0 Å². The van der Waals surface area contributed by atoms with E-state index in [0.29, 0.717) is 19.5 Å². The Hall–Kier alpha value is -0.450. The van der Waals surface area contributed by atoms with Crippen molar-refractivity contribution < 1.29 is 14.3 Å². The lowest BCUT2D eigenvalue weighted by atomic mass is 10.5. The molecule has 10 heavy (non-hydrogen) atoms. The van der Waals surface area contributed by atoms with Gasteiger partial charge in [-0.3, -0.25) is 10.5 Å². The van der Waals surface area contributed by atoms with Gasteiger partial charge in [0.05, 0.1) is 0 Å². The number of hydrogen-bond donors (Lipinski definition) is 1. The molecule has 0 rings (SSSR count). The molecule has 0 aliphatic carbocycles. The zero-order chi connectivity index (χ0) is 8.04. The van der Waals surface area contributed by atoms with Crippen molar-refractivity contribution in [3.05, 3.63) is 0 Å². The van der Waals surface area contributed by atoms with Crippen molar-refractivity contribution in [3.63, 3.8) is 0 Å². The Labute approximate surface area is 60.3 Å². The summed E-state index contributed by atoms with van der Waals surface area (Å²) < 4.78 is 9.61. The summed E-state index contributed by atoms with van der Waals surface area (Å²) in [7, 11) is 0. The van der Waals surface area contributed by atoms with Gasteiger partial charge in [-0.25, -0.2) is 0 Å². The molecule has 0 aliphatic rings. The first-order valence-electron chi connectivity index (χ1n) is 3.21. The molecule has 0 radical (unpaired) electrons. The highest BCUT2D eigenvalue weighted by atomic mass is 16.7. The second-order valence-electron chi connectivity index (χ2n) is 1.71. The van der Waals surface area contributed by atoms with Gasteiger partial charge in [0.2, 0.25) is 0 Å². The molecule has 0 unspecified atom stereocenters. The number of ether oxygens (including phenoxy) is 2. The van der Waals surface area contributed by atoms with Crippen LogP contribution in [-0.4, -0.2) is 25.4 Å². The van der Waals surface area contributed by atoms with Crippen molar-refractivity contribution in [3.8, 4) is 0 Å². The largest absolute Gasteiger partial charge is 0.332 e. The van der Waals surface area contributed by atoms with E-state index in [1.54, 1.807) is 13.8 Å². The standard InChI is InChI=1S/C6H13NO3/c1-3-9-6(7,5-8)10-4-2/h5H,3-4,7H2,1-2H3. The van der Waals surface area contributed by atoms with Crippen molar-refractivity contribution in [2.24, 2.45) is 5.73 Å². The molecule has 0 heterocycles. The fourth-order valence-electron chi connectivity index (χ4n) is 0.561. The van der Waals surface area contributed by atoms with Crippen LogP contribution in [-0.2, 0) is 14.3 Å². The van der Waals surface area contributed by atoms with Gasteiger partial charge in [-0.05, 0) is 13.8 Å². The zero-order valence-corrected chi connectivity index (χ0v) is 6.29. The molecule has 0 aromatic heterocycles. The maximum atomic E-state index is 10.2. The van der Waals surface area contributed by atoms with Crippen molar-refractivity contribution in [1.29, 1.82) is 0 Å². The van der Waals surface area contributed by atoms with Crippen LogP contribution in [0.4, 0.5) is 0 Å². The van der Waals surface area contributed by atoms with Gasteiger partial charge in [0.15, 0.2) is 6.29 Å². The average molecular weight is 147 g/mol.